The number of rotatable bonds is 1. The van der Waals surface area contributed by atoms with Crippen molar-refractivity contribution >= 4 is 11.8 Å². The first-order valence-electron chi connectivity index (χ1n) is 4.82. The van der Waals surface area contributed by atoms with Crippen molar-refractivity contribution in [1.82, 2.24) is 0 Å². The number of anilines is 1. The van der Waals surface area contributed by atoms with Crippen molar-refractivity contribution in [3.63, 3.8) is 0 Å². The zero-order valence-electron chi connectivity index (χ0n) is 8.82. The molecule has 2 heteroatoms. The largest absolute Gasteiger partial charge is 0.495 e. The number of methoxy groups -OCH3 is 1. The maximum atomic E-state index is 5.36. The highest BCUT2D eigenvalue weighted by Crippen LogP contribution is 2.36. The Labute approximate surface area is 84.8 Å². The molecule has 0 bridgehead atoms. The molecule has 0 saturated heterocycles. The Morgan fingerprint density at radius 3 is 2.86 bits per heavy atom. The third kappa shape index (κ3) is 1.27. The van der Waals surface area contributed by atoms with Crippen molar-refractivity contribution in [3.8, 4) is 5.75 Å². The number of hydrogen-bond donors (Lipinski definition) is 0. The quantitative estimate of drug-likeness (QED) is 0.673. The number of likely N-dealkylation sites (N-methyl/N-ethyl adjacent to an activating group) is 1. The molecule has 1 atom stereocenters. The zero-order valence-corrected chi connectivity index (χ0v) is 8.82. The molecule has 0 spiro atoms. The van der Waals surface area contributed by atoms with Crippen LogP contribution in [0.3, 0.4) is 0 Å². The molecule has 2 rings (SSSR count). The molecule has 0 amide bonds. The summed E-state index contributed by atoms with van der Waals surface area (Å²) in [5.74, 6) is 0.946. The number of hydrogen-bond acceptors (Lipinski definition) is 2. The summed E-state index contributed by atoms with van der Waals surface area (Å²) in [6.45, 7) is 2.17. The molecular weight excluding hydrogens is 174 g/mol. The van der Waals surface area contributed by atoms with E-state index in [2.05, 4.69) is 37.1 Å². The van der Waals surface area contributed by atoms with Crippen LogP contribution >= 0.6 is 0 Å². The first-order valence-corrected chi connectivity index (χ1v) is 4.82. The molecule has 1 heterocycles. The molecule has 0 fully saturated rings. The number of para-hydroxylation sites is 1. The predicted octanol–water partition coefficient (Wildman–Crippen LogP) is 2.55. The Morgan fingerprint density at radius 1 is 1.36 bits per heavy atom. The van der Waals surface area contributed by atoms with E-state index in [0.29, 0.717) is 6.04 Å². The molecule has 0 radical (unpaired) electrons. The predicted molar refractivity (Wildman–Crippen MR) is 59.9 cm³/mol. The maximum absolute atomic E-state index is 5.36. The minimum atomic E-state index is 0.429. The van der Waals surface area contributed by atoms with Gasteiger partial charge in [-0.2, -0.15) is 0 Å². The molecule has 2 nitrogen and oxygen atoms in total. The van der Waals surface area contributed by atoms with Gasteiger partial charge >= 0.3 is 0 Å². The van der Waals surface area contributed by atoms with E-state index >= 15 is 0 Å². The van der Waals surface area contributed by atoms with Gasteiger partial charge in [0.15, 0.2) is 0 Å². The van der Waals surface area contributed by atoms with Gasteiger partial charge < -0.3 is 9.64 Å². The van der Waals surface area contributed by atoms with Gasteiger partial charge in [0.05, 0.1) is 12.8 Å². The number of fused-ring (bicyclic) bond motifs is 1. The third-order valence-electron chi connectivity index (χ3n) is 2.77. The van der Waals surface area contributed by atoms with Crippen LogP contribution in [-0.2, 0) is 0 Å². The molecule has 1 aromatic carbocycles. The van der Waals surface area contributed by atoms with Crippen LogP contribution in [0.1, 0.15) is 12.5 Å². The maximum Gasteiger partial charge on any atom is 0.142 e. The molecule has 0 aliphatic carbocycles. The molecule has 1 aliphatic rings. The minimum absolute atomic E-state index is 0.429. The van der Waals surface area contributed by atoms with E-state index in [1.54, 1.807) is 7.11 Å². The summed E-state index contributed by atoms with van der Waals surface area (Å²) in [5.41, 5.74) is 2.41. The van der Waals surface area contributed by atoms with Crippen LogP contribution in [0.4, 0.5) is 5.69 Å². The highest BCUT2D eigenvalue weighted by molar-refractivity contribution is 5.77. The van der Waals surface area contributed by atoms with Crippen LogP contribution in [0.15, 0.2) is 24.3 Å². The second-order valence-electron chi connectivity index (χ2n) is 3.61. The van der Waals surface area contributed by atoms with Gasteiger partial charge in [0.25, 0.3) is 0 Å². The molecule has 1 unspecified atom stereocenters. The molecule has 0 saturated carbocycles. The Morgan fingerprint density at radius 2 is 2.14 bits per heavy atom. The van der Waals surface area contributed by atoms with Crippen LogP contribution in [0.2, 0.25) is 0 Å². The summed E-state index contributed by atoms with van der Waals surface area (Å²) in [4.78, 5) is 2.23. The molecule has 74 valence electrons. The Kier molecular flexibility index (Phi) is 2.20. The van der Waals surface area contributed by atoms with Gasteiger partial charge in [-0.3, -0.25) is 0 Å². The molecule has 0 N–H and O–H groups in total. The number of nitrogens with zero attached hydrogens (tertiary/aromatic N) is 1. The highest BCUT2D eigenvalue weighted by atomic mass is 16.5. The van der Waals surface area contributed by atoms with Crippen molar-refractivity contribution in [3.05, 3.63) is 29.8 Å². The fourth-order valence-corrected chi connectivity index (χ4v) is 1.79. The van der Waals surface area contributed by atoms with Crippen LogP contribution in [-0.4, -0.2) is 20.2 Å². The van der Waals surface area contributed by atoms with Gasteiger partial charge in [0.1, 0.15) is 5.75 Å². The second-order valence-corrected chi connectivity index (χ2v) is 3.61. The lowest BCUT2D eigenvalue weighted by atomic mass is 10.0. The summed E-state index contributed by atoms with van der Waals surface area (Å²) in [6.07, 6.45) is 4.35. The molecular formula is C12H15NO. The van der Waals surface area contributed by atoms with Gasteiger partial charge in [0.2, 0.25) is 0 Å². The normalized spacial score (nSPS) is 19.4. The first kappa shape index (κ1) is 9.13. The molecule has 1 aliphatic heterocycles. The van der Waals surface area contributed by atoms with E-state index in [-0.39, 0.29) is 0 Å². The fourth-order valence-electron chi connectivity index (χ4n) is 1.79. The standard InChI is InChI=1S/C12H15NO/c1-9-7-8-10-5-4-6-11(14-3)12(10)13(9)2/h4-9H,1-3H3. The van der Waals surface area contributed by atoms with Crippen LogP contribution < -0.4 is 9.64 Å². The average Bonchev–Trinajstić information content (AvgIpc) is 2.23. The zero-order chi connectivity index (χ0) is 10.1. The minimum Gasteiger partial charge on any atom is -0.495 e. The van der Waals surface area contributed by atoms with Gasteiger partial charge in [0, 0.05) is 18.7 Å². The Bertz CT molecular complexity index is 371. The van der Waals surface area contributed by atoms with Crippen molar-refractivity contribution in [2.75, 3.05) is 19.1 Å². The lowest BCUT2D eigenvalue weighted by Crippen LogP contribution is -2.29. The summed E-state index contributed by atoms with van der Waals surface area (Å²) in [7, 11) is 3.81. The second kappa shape index (κ2) is 3.37. The van der Waals surface area contributed by atoms with E-state index in [1.807, 2.05) is 12.1 Å². The Balaban J connectivity index is 2.57. The van der Waals surface area contributed by atoms with Crippen molar-refractivity contribution in [2.45, 2.75) is 13.0 Å². The smallest absolute Gasteiger partial charge is 0.142 e. The van der Waals surface area contributed by atoms with Crippen LogP contribution in [0, 0.1) is 0 Å². The van der Waals surface area contributed by atoms with E-state index in [4.69, 9.17) is 4.74 Å². The summed E-state index contributed by atoms with van der Waals surface area (Å²) in [5, 5.41) is 0. The summed E-state index contributed by atoms with van der Waals surface area (Å²) >= 11 is 0. The van der Waals surface area contributed by atoms with Crippen molar-refractivity contribution < 1.29 is 4.74 Å². The molecule has 14 heavy (non-hydrogen) atoms. The van der Waals surface area contributed by atoms with E-state index in [0.717, 1.165) is 5.75 Å². The van der Waals surface area contributed by atoms with Gasteiger partial charge in [-0.25, -0.2) is 0 Å². The third-order valence-corrected chi connectivity index (χ3v) is 2.77. The lowest BCUT2D eigenvalue weighted by molar-refractivity contribution is 0.414. The monoisotopic (exact) mass is 189 g/mol. The molecule has 1 aromatic rings. The lowest BCUT2D eigenvalue weighted by Gasteiger charge is -2.31. The molecule has 0 aromatic heterocycles. The van der Waals surface area contributed by atoms with E-state index in [9.17, 15) is 0 Å². The average molecular weight is 189 g/mol. The van der Waals surface area contributed by atoms with Gasteiger partial charge in [-0.1, -0.05) is 24.3 Å². The van der Waals surface area contributed by atoms with Gasteiger partial charge in [-0.15, -0.1) is 0 Å². The number of benzene rings is 1. The van der Waals surface area contributed by atoms with Gasteiger partial charge in [-0.05, 0) is 13.0 Å². The number of ether oxygens (including phenoxy) is 1. The van der Waals surface area contributed by atoms with Crippen LogP contribution in [0.25, 0.3) is 6.08 Å². The van der Waals surface area contributed by atoms with E-state index in [1.165, 1.54) is 11.3 Å². The Hall–Kier alpha value is -1.44. The SMILES string of the molecule is COc1cccc2c1N(C)C(C)C=C2. The summed E-state index contributed by atoms with van der Waals surface area (Å²) in [6, 6.07) is 6.56. The van der Waals surface area contributed by atoms with Crippen molar-refractivity contribution in [2.24, 2.45) is 0 Å². The highest BCUT2D eigenvalue weighted by Gasteiger charge is 2.18. The fraction of sp³-hybridized carbons (Fsp3) is 0.333. The van der Waals surface area contributed by atoms with Crippen LogP contribution in [0.5, 0.6) is 5.75 Å². The van der Waals surface area contributed by atoms with Crippen molar-refractivity contribution in [1.29, 1.82) is 0 Å². The first-order chi connectivity index (χ1) is 6.74. The van der Waals surface area contributed by atoms with E-state index < -0.39 is 0 Å². The topological polar surface area (TPSA) is 12.5 Å². The summed E-state index contributed by atoms with van der Waals surface area (Å²) < 4.78 is 5.36.